The van der Waals surface area contributed by atoms with Crippen molar-refractivity contribution in [2.24, 2.45) is 5.41 Å². The first-order valence-electron chi connectivity index (χ1n) is 8.21. The normalized spacial score (nSPS) is 17.9. The molecule has 23 heavy (non-hydrogen) atoms. The number of benzene rings is 1. The Kier molecular flexibility index (Phi) is 5.77. The van der Waals surface area contributed by atoms with Gasteiger partial charge in [0, 0.05) is 24.6 Å². The van der Waals surface area contributed by atoms with Crippen molar-refractivity contribution in [3.63, 3.8) is 0 Å². The third-order valence-electron chi connectivity index (χ3n) is 4.94. The van der Waals surface area contributed by atoms with Gasteiger partial charge in [0.15, 0.2) is 0 Å². The van der Waals surface area contributed by atoms with Crippen molar-refractivity contribution in [2.45, 2.75) is 39.0 Å². The molecular weight excluding hydrogens is 294 g/mol. The third-order valence-corrected chi connectivity index (χ3v) is 4.94. The van der Waals surface area contributed by atoms with E-state index < -0.39 is 11.4 Å². The number of hydrogen-bond acceptors (Lipinski definition) is 3. The van der Waals surface area contributed by atoms with Crippen molar-refractivity contribution < 1.29 is 19.4 Å². The fraction of sp³-hybridized carbons (Fsp3) is 0.556. The highest BCUT2D eigenvalue weighted by Gasteiger charge is 2.35. The summed E-state index contributed by atoms with van der Waals surface area (Å²) >= 11 is 0. The van der Waals surface area contributed by atoms with Crippen LogP contribution in [0.25, 0.3) is 0 Å². The van der Waals surface area contributed by atoms with E-state index in [4.69, 9.17) is 4.74 Å². The zero-order valence-corrected chi connectivity index (χ0v) is 13.8. The van der Waals surface area contributed by atoms with Crippen LogP contribution in [0.5, 0.6) is 0 Å². The lowest BCUT2D eigenvalue weighted by Gasteiger charge is -2.26. The van der Waals surface area contributed by atoms with E-state index >= 15 is 0 Å². The van der Waals surface area contributed by atoms with E-state index in [1.165, 1.54) is 0 Å². The van der Waals surface area contributed by atoms with E-state index in [1.54, 1.807) is 6.07 Å². The van der Waals surface area contributed by atoms with Crippen LogP contribution in [0, 0.1) is 5.41 Å². The van der Waals surface area contributed by atoms with E-state index in [0.717, 1.165) is 18.6 Å². The van der Waals surface area contributed by atoms with Crippen LogP contribution in [0.1, 0.15) is 54.9 Å². The second kappa shape index (κ2) is 7.59. The van der Waals surface area contributed by atoms with Crippen LogP contribution in [0.4, 0.5) is 0 Å². The Hall–Kier alpha value is -1.88. The maximum atomic E-state index is 12.4. The Morgan fingerprint density at radius 1 is 1.35 bits per heavy atom. The molecule has 1 aliphatic heterocycles. The van der Waals surface area contributed by atoms with Crippen LogP contribution in [0.2, 0.25) is 0 Å². The second-order valence-corrected chi connectivity index (χ2v) is 6.16. The molecule has 1 saturated heterocycles. The molecule has 1 aromatic carbocycles. The molecule has 0 aromatic heterocycles. The quantitative estimate of drug-likeness (QED) is 0.810. The summed E-state index contributed by atoms with van der Waals surface area (Å²) in [4.78, 5) is 23.9. The summed E-state index contributed by atoms with van der Waals surface area (Å²) in [6, 6.07) is 7.52. The standard InChI is InChI=1S/C18H25NO4/c1-3-18(4-2,17(21)22)12-19-16(20)14-7-5-6-13(10-14)15-8-9-23-11-15/h5-7,10,15H,3-4,8-9,11-12H2,1-2H3,(H,19,20)(H,21,22). The monoisotopic (exact) mass is 319 g/mol. The highest BCUT2D eigenvalue weighted by Crippen LogP contribution is 2.27. The Balaban J connectivity index is 2.05. The topological polar surface area (TPSA) is 75.6 Å². The van der Waals surface area contributed by atoms with Crippen molar-refractivity contribution in [3.8, 4) is 0 Å². The molecule has 0 aliphatic carbocycles. The minimum absolute atomic E-state index is 0.144. The van der Waals surface area contributed by atoms with Gasteiger partial charge in [0.25, 0.3) is 5.91 Å². The highest BCUT2D eigenvalue weighted by atomic mass is 16.5. The number of hydrogen-bond donors (Lipinski definition) is 2. The number of carboxylic acid groups (broad SMARTS) is 1. The average Bonchev–Trinajstić information content (AvgIpc) is 3.10. The molecule has 1 fully saturated rings. The maximum absolute atomic E-state index is 12.4. The predicted octanol–water partition coefficient (Wildman–Crippen LogP) is 2.81. The number of amides is 1. The van der Waals surface area contributed by atoms with Gasteiger partial charge in [0.05, 0.1) is 12.0 Å². The molecule has 0 saturated carbocycles. The molecule has 1 aromatic rings. The summed E-state index contributed by atoms with van der Waals surface area (Å²) in [5, 5.41) is 12.2. The predicted molar refractivity (Wildman–Crippen MR) is 87.6 cm³/mol. The molecule has 1 heterocycles. The van der Waals surface area contributed by atoms with Crippen LogP contribution in [-0.4, -0.2) is 36.7 Å². The van der Waals surface area contributed by atoms with Gasteiger partial charge in [-0.3, -0.25) is 9.59 Å². The largest absolute Gasteiger partial charge is 0.481 e. The molecule has 1 unspecified atom stereocenters. The van der Waals surface area contributed by atoms with Crippen molar-refractivity contribution in [1.82, 2.24) is 5.32 Å². The fourth-order valence-corrected chi connectivity index (χ4v) is 2.96. The summed E-state index contributed by atoms with van der Waals surface area (Å²) in [5.41, 5.74) is 0.776. The number of carbonyl (C=O) groups excluding carboxylic acids is 1. The van der Waals surface area contributed by atoms with E-state index in [0.29, 0.717) is 30.9 Å². The number of ether oxygens (including phenoxy) is 1. The number of aliphatic carboxylic acids is 1. The van der Waals surface area contributed by atoms with Crippen LogP contribution in [0.15, 0.2) is 24.3 Å². The zero-order chi connectivity index (χ0) is 16.9. The molecule has 126 valence electrons. The summed E-state index contributed by atoms with van der Waals surface area (Å²) in [5.74, 6) is -0.745. The van der Waals surface area contributed by atoms with Crippen LogP contribution < -0.4 is 5.32 Å². The van der Waals surface area contributed by atoms with E-state index in [9.17, 15) is 14.7 Å². The molecule has 5 nitrogen and oxygen atoms in total. The zero-order valence-electron chi connectivity index (χ0n) is 13.8. The number of carboxylic acids is 1. The molecule has 2 rings (SSSR count). The van der Waals surface area contributed by atoms with Crippen molar-refractivity contribution in [3.05, 3.63) is 35.4 Å². The Morgan fingerprint density at radius 3 is 2.65 bits per heavy atom. The van der Waals surface area contributed by atoms with E-state index in [2.05, 4.69) is 5.32 Å². The summed E-state index contributed by atoms with van der Waals surface area (Å²) in [7, 11) is 0. The lowest BCUT2D eigenvalue weighted by atomic mass is 9.82. The Labute approximate surface area is 137 Å². The van der Waals surface area contributed by atoms with Gasteiger partial charge in [-0.05, 0) is 37.0 Å². The van der Waals surface area contributed by atoms with Gasteiger partial charge in [-0.1, -0.05) is 26.0 Å². The molecule has 1 aliphatic rings. The van der Waals surface area contributed by atoms with Gasteiger partial charge in [-0.25, -0.2) is 0 Å². The van der Waals surface area contributed by atoms with Crippen LogP contribution in [-0.2, 0) is 9.53 Å². The minimum Gasteiger partial charge on any atom is -0.481 e. The first-order valence-corrected chi connectivity index (χ1v) is 8.21. The molecule has 0 bridgehead atoms. The second-order valence-electron chi connectivity index (χ2n) is 6.16. The van der Waals surface area contributed by atoms with Gasteiger partial charge < -0.3 is 15.2 Å². The lowest BCUT2D eigenvalue weighted by Crippen LogP contribution is -2.42. The number of carbonyl (C=O) groups is 2. The summed E-state index contributed by atoms with van der Waals surface area (Å²) in [6.45, 7) is 5.27. The molecule has 5 heteroatoms. The first-order chi connectivity index (χ1) is 11.0. The van der Waals surface area contributed by atoms with Crippen molar-refractivity contribution >= 4 is 11.9 Å². The number of rotatable bonds is 7. The minimum atomic E-state index is -0.896. The van der Waals surface area contributed by atoms with Gasteiger partial charge in [0.2, 0.25) is 0 Å². The maximum Gasteiger partial charge on any atom is 0.311 e. The van der Waals surface area contributed by atoms with Gasteiger partial charge in [-0.2, -0.15) is 0 Å². The molecule has 1 amide bonds. The highest BCUT2D eigenvalue weighted by molar-refractivity contribution is 5.94. The average molecular weight is 319 g/mol. The number of nitrogens with one attached hydrogen (secondary N) is 1. The van der Waals surface area contributed by atoms with E-state index in [1.807, 2.05) is 32.0 Å². The smallest absolute Gasteiger partial charge is 0.311 e. The van der Waals surface area contributed by atoms with Gasteiger partial charge in [-0.15, -0.1) is 0 Å². The van der Waals surface area contributed by atoms with Crippen LogP contribution in [0.3, 0.4) is 0 Å². The molecular formula is C18H25NO4. The van der Waals surface area contributed by atoms with Crippen molar-refractivity contribution in [1.29, 1.82) is 0 Å². The lowest BCUT2D eigenvalue weighted by molar-refractivity contribution is -0.149. The van der Waals surface area contributed by atoms with Crippen molar-refractivity contribution in [2.75, 3.05) is 19.8 Å². The Morgan fingerprint density at radius 2 is 2.09 bits per heavy atom. The van der Waals surface area contributed by atoms with Gasteiger partial charge in [0.1, 0.15) is 0 Å². The Bertz CT molecular complexity index is 560. The molecule has 2 N–H and O–H groups in total. The third kappa shape index (κ3) is 3.91. The van der Waals surface area contributed by atoms with Crippen LogP contribution >= 0.6 is 0 Å². The first kappa shape index (κ1) is 17.5. The van der Waals surface area contributed by atoms with Gasteiger partial charge >= 0.3 is 5.97 Å². The molecule has 1 atom stereocenters. The fourth-order valence-electron chi connectivity index (χ4n) is 2.96. The summed E-state index contributed by atoms with van der Waals surface area (Å²) in [6.07, 6.45) is 1.94. The van der Waals surface area contributed by atoms with E-state index in [-0.39, 0.29) is 12.5 Å². The SMILES string of the molecule is CCC(CC)(CNC(=O)c1cccc(C2CCOC2)c1)C(=O)O. The molecule has 0 spiro atoms. The molecule has 0 radical (unpaired) electrons. The summed E-state index contributed by atoms with van der Waals surface area (Å²) < 4.78 is 5.39.